The zero-order valence-electron chi connectivity index (χ0n) is 12.2. The van der Waals surface area contributed by atoms with E-state index in [1.54, 1.807) is 24.7 Å². The first-order chi connectivity index (χ1) is 10.8. The third kappa shape index (κ3) is 2.48. The molecule has 2 aromatic heterocycles. The summed E-state index contributed by atoms with van der Waals surface area (Å²) >= 11 is 1.65. The molecule has 0 bridgehead atoms. The van der Waals surface area contributed by atoms with E-state index in [1.807, 2.05) is 36.4 Å². The zero-order chi connectivity index (χ0) is 14.9. The number of rotatable bonds is 4. The molecule has 5 heteroatoms. The Labute approximate surface area is 132 Å². The minimum atomic E-state index is 0.538. The van der Waals surface area contributed by atoms with Gasteiger partial charge in [0.2, 0.25) is 0 Å². The quantitative estimate of drug-likeness (QED) is 0.717. The molecule has 0 aliphatic heterocycles. The Balaban J connectivity index is 1.83. The first kappa shape index (κ1) is 13.4. The highest BCUT2D eigenvalue weighted by Gasteiger charge is 2.28. The molecular formula is C17H16N2O2S. The Bertz CT molecular complexity index is 842. The third-order valence-corrected chi connectivity index (χ3v) is 4.55. The van der Waals surface area contributed by atoms with E-state index in [2.05, 4.69) is 9.95 Å². The molecule has 1 aliphatic rings. The van der Waals surface area contributed by atoms with Crippen LogP contribution in [0.15, 0.2) is 57.5 Å². The van der Waals surface area contributed by atoms with Crippen molar-refractivity contribution >= 4 is 17.0 Å². The fourth-order valence-corrected chi connectivity index (χ4v) is 3.45. The van der Waals surface area contributed by atoms with Crippen LogP contribution < -0.4 is 9.54 Å². The summed E-state index contributed by atoms with van der Waals surface area (Å²) in [6, 6.07) is 12.3. The number of aromatic nitrogens is 1. The van der Waals surface area contributed by atoms with Gasteiger partial charge in [-0.3, -0.25) is 0 Å². The van der Waals surface area contributed by atoms with Crippen molar-refractivity contribution in [3.63, 3.8) is 0 Å². The van der Waals surface area contributed by atoms with Crippen molar-refractivity contribution in [3.8, 4) is 17.2 Å². The minimum Gasteiger partial charge on any atom is -0.497 e. The van der Waals surface area contributed by atoms with Crippen LogP contribution in [-0.2, 0) is 0 Å². The molecule has 3 aromatic rings. The summed E-state index contributed by atoms with van der Waals surface area (Å²) in [5, 5.41) is 2.12. The maximum atomic E-state index is 5.56. The first-order valence-corrected chi connectivity index (χ1v) is 8.16. The highest BCUT2D eigenvalue weighted by Crippen LogP contribution is 2.38. The molecule has 0 N–H and O–H groups in total. The average molecular weight is 312 g/mol. The molecule has 1 fully saturated rings. The van der Waals surface area contributed by atoms with Gasteiger partial charge < -0.3 is 13.7 Å². The van der Waals surface area contributed by atoms with Crippen molar-refractivity contribution in [2.75, 3.05) is 7.11 Å². The monoisotopic (exact) mass is 312 g/mol. The van der Waals surface area contributed by atoms with E-state index in [1.165, 1.54) is 12.8 Å². The summed E-state index contributed by atoms with van der Waals surface area (Å²) in [6.45, 7) is 0. The number of nitrogens with zero attached hydrogens (tertiary/aromatic N) is 2. The Hall–Kier alpha value is -2.27. The van der Waals surface area contributed by atoms with E-state index in [0.29, 0.717) is 6.04 Å². The van der Waals surface area contributed by atoms with E-state index in [-0.39, 0.29) is 0 Å². The van der Waals surface area contributed by atoms with Crippen LogP contribution in [0.25, 0.3) is 11.5 Å². The lowest BCUT2D eigenvalue weighted by Gasteiger charge is -2.05. The second-order valence-electron chi connectivity index (χ2n) is 5.30. The van der Waals surface area contributed by atoms with Gasteiger partial charge >= 0.3 is 0 Å². The largest absolute Gasteiger partial charge is 0.497 e. The highest BCUT2D eigenvalue weighted by atomic mass is 32.1. The molecule has 0 atom stereocenters. The highest BCUT2D eigenvalue weighted by molar-refractivity contribution is 7.07. The normalized spacial score (nSPS) is 15.2. The second-order valence-corrected chi connectivity index (χ2v) is 6.13. The molecule has 0 saturated heterocycles. The Kier molecular flexibility index (Phi) is 3.35. The topological polar surface area (TPSA) is 39.7 Å². The Morgan fingerprint density at radius 1 is 1.27 bits per heavy atom. The summed E-state index contributed by atoms with van der Waals surface area (Å²) in [7, 11) is 1.67. The van der Waals surface area contributed by atoms with E-state index < -0.39 is 0 Å². The van der Waals surface area contributed by atoms with Gasteiger partial charge in [0.05, 0.1) is 24.8 Å². The van der Waals surface area contributed by atoms with Gasteiger partial charge in [-0.15, -0.1) is 11.3 Å². The number of hydrogen-bond acceptors (Lipinski definition) is 4. The lowest BCUT2D eigenvalue weighted by Crippen LogP contribution is -2.14. The molecule has 1 saturated carbocycles. The lowest BCUT2D eigenvalue weighted by atomic mass is 10.3. The van der Waals surface area contributed by atoms with Crippen LogP contribution >= 0.6 is 11.3 Å². The van der Waals surface area contributed by atoms with Crippen LogP contribution in [-0.4, -0.2) is 11.7 Å². The Morgan fingerprint density at radius 2 is 2.18 bits per heavy atom. The van der Waals surface area contributed by atoms with E-state index in [4.69, 9.17) is 14.1 Å². The lowest BCUT2D eigenvalue weighted by molar-refractivity contribution is 0.415. The zero-order valence-corrected chi connectivity index (χ0v) is 13.0. The summed E-state index contributed by atoms with van der Waals surface area (Å²) in [4.78, 5) is 5.80. The predicted molar refractivity (Wildman–Crippen MR) is 86.5 cm³/mol. The smallest absolute Gasteiger partial charge is 0.190 e. The van der Waals surface area contributed by atoms with E-state index in [0.717, 1.165) is 27.7 Å². The third-order valence-electron chi connectivity index (χ3n) is 3.71. The van der Waals surface area contributed by atoms with Gasteiger partial charge in [0.15, 0.2) is 10.6 Å². The van der Waals surface area contributed by atoms with Gasteiger partial charge in [-0.25, -0.2) is 4.99 Å². The maximum Gasteiger partial charge on any atom is 0.190 e. The Morgan fingerprint density at radius 3 is 2.91 bits per heavy atom. The average Bonchev–Trinajstić information content (AvgIpc) is 3.08. The number of ether oxygens (including phenoxy) is 1. The molecular weight excluding hydrogens is 296 g/mol. The van der Waals surface area contributed by atoms with Crippen LogP contribution in [0.1, 0.15) is 18.9 Å². The number of thiazole rings is 1. The summed E-state index contributed by atoms with van der Waals surface area (Å²) in [5.74, 6) is 1.72. The van der Waals surface area contributed by atoms with Gasteiger partial charge in [-0.1, -0.05) is 6.07 Å². The molecule has 4 nitrogen and oxygen atoms in total. The standard InChI is InChI=1S/C17H16N2O2S/c1-20-14-5-2-4-12(10-14)18-17-19(13-7-8-13)15(11-22-17)16-6-3-9-21-16/h2-6,9-11,13H,7-8H2,1H3. The van der Waals surface area contributed by atoms with Gasteiger partial charge in [0.25, 0.3) is 0 Å². The van der Waals surface area contributed by atoms with Crippen molar-refractivity contribution in [2.45, 2.75) is 18.9 Å². The van der Waals surface area contributed by atoms with Gasteiger partial charge in [0, 0.05) is 17.5 Å². The molecule has 0 spiro atoms. The molecule has 0 amide bonds. The number of benzene rings is 1. The summed E-state index contributed by atoms with van der Waals surface area (Å²) in [6.07, 6.45) is 4.12. The fourth-order valence-electron chi connectivity index (χ4n) is 2.48. The van der Waals surface area contributed by atoms with Crippen molar-refractivity contribution in [2.24, 2.45) is 4.99 Å². The summed E-state index contributed by atoms with van der Waals surface area (Å²) < 4.78 is 13.1. The van der Waals surface area contributed by atoms with Crippen LogP contribution in [0.5, 0.6) is 5.75 Å². The predicted octanol–water partition coefficient (Wildman–Crippen LogP) is 4.39. The molecule has 1 aliphatic carbocycles. The summed E-state index contributed by atoms with van der Waals surface area (Å²) in [5.41, 5.74) is 2.01. The number of methoxy groups -OCH3 is 1. The van der Waals surface area contributed by atoms with Crippen LogP contribution in [0.2, 0.25) is 0 Å². The maximum absolute atomic E-state index is 5.56. The molecule has 2 heterocycles. The van der Waals surface area contributed by atoms with Crippen molar-refractivity contribution < 1.29 is 9.15 Å². The molecule has 22 heavy (non-hydrogen) atoms. The fraction of sp³-hybridized carbons (Fsp3) is 0.235. The van der Waals surface area contributed by atoms with Crippen LogP contribution in [0.4, 0.5) is 5.69 Å². The van der Waals surface area contributed by atoms with Crippen molar-refractivity contribution in [1.29, 1.82) is 0 Å². The van der Waals surface area contributed by atoms with Crippen LogP contribution in [0, 0.1) is 0 Å². The van der Waals surface area contributed by atoms with Crippen molar-refractivity contribution in [1.82, 2.24) is 4.57 Å². The first-order valence-electron chi connectivity index (χ1n) is 7.28. The molecule has 1 aromatic carbocycles. The van der Waals surface area contributed by atoms with Gasteiger partial charge in [0.1, 0.15) is 5.75 Å². The van der Waals surface area contributed by atoms with Gasteiger partial charge in [-0.2, -0.15) is 0 Å². The number of hydrogen-bond donors (Lipinski definition) is 0. The molecule has 0 unspecified atom stereocenters. The number of furan rings is 1. The SMILES string of the molecule is COc1cccc(N=c2scc(-c3ccco3)n2C2CC2)c1. The van der Waals surface area contributed by atoms with Gasteiger partial charge in [-0.05, 0) is 37.1 Å². The molecule has 0 radical (unpaired) electrons. The van der Waals surface area contributed by atoms with Crippen LogP contribution in [0.3, 0.4) is 0 Å². The second kappa shape index (κ2) is 5.50. The minimum absolute atomic E-state index is 0.538. The molecule has 4 rings (SSSR count). The molecule has 112 valence electrons. The van der Waals surface area contributed by atoms with Crippen molar-refractivity contribution in [3.05, 3.63) is 52.8 Å². The van der Waals surface area contributed by atoms with E-state index >= 15 is 0 Å². The van der Waals surface area contributed by atoms with E-state index in [9.17, 15) is 0 Å².